The minimum atomic E-state index is -0.249. The zero-order valence-electron chi connectivity index (χ0n) is 16.0. The van der Waals surface area contributed by atoms with Gasteiger partial charge in [-0.1, -0.05) is 31.0 Å². The van der Waals surface area contributed by atoms with Crippen LogP contribution in [-0.2, 0) is 17.8 Å². The van der Waals surface area contributed by atoms with Crippen molar-refractivity contribution in [2.24, 2.45) is 0 Å². The maximum atomic E-state index is 12.6. The molecule has 4 rings (SSSR count). The van der Waals surface area contributed by atoms with Crippen LogP contribution in [0.4, 0.5) is 5.82 Å². The van der Waals surface area contributed by atoms with Gasteiger partial charge in [-0.15, -0.1) is 0 Å². The van der Waals surface area contributed by atoms with Crippen molar-refractivity contribution in [3.63, 3.8) is 0 Å². The maximum Gasteiger partial charge on any atom is 0.267 e. The van der Waals surface area contributed by atoms with Crippen molar-refractivity contribution in [1.82, 2.24) is 14.8 Å². The highest BCUT2D eigenvalue weighted by Crippen LogP contribution is 2.25. The van der Waals surface area contributed by atoms with Gasteiger partial charge >= 0.3 is 0 Å². The van der Waals surface area contributed by atoms with Gasteiger partial charge in [0.2, 0.25) is 0 Å². The Hall–Kier alpha value is -3.02. The topological polar surface area (TPSA) is 68.1 Å². The first-order chi connectivity index (χ1) is 13.6. The van der Waals surface area contributed by atoms with E-state index in [1.54, 1.807) is 18.5 Å². The Morgan fingerprint density at radius 3 is 2.79 bits per heavy atom. The van der Waals surface area contributed by atoms with Crippen LogP contribution >= 0.6 is 0 Å². The predicted molar refractivity (Wildman–Crippen MR) is 110 cm³/mol. The van der Waals surface area contributed by atoms with Gasteiger partial charge in [-0.3, -0.25) is 14.6 Å². The Labute approximate surface area is 163 Å². The number of hydrogen-bond donors (Lipinski definition) is 0. The van der Waals surface area contributed by atoms with E-state index >= 15 is 0 Å². The SMILES string of the molecule is CN(c1ccc(=O)n(CC(=O)Cc2ccc3cnccc3c2)n1)C1CCCC1. The van der Waals surface area contributed by atoms with Gasteiger partial charge < -0.3 is 4.90 Å². The van der Waals surface area contributed by atoms with Crippen LogP contribution < -0.4 is 10.5 Å². The number of carbonyl (C=O) groups is 1. The second kappa shape index (κ2) is 7.92. The van der Waals surface area contributed by atoms with Crippen LogP contribution in [-0.4, -0.2) is 33.6 Å². The number of Topliss-reactive ketones (excluding diaryl/α,β-unsaturated/α-hetero) is 1. The van der Waals surface area contributed by atoms with Crippen molar-refractivity contribution in [2.45, 2.75) is 44.7 Å². The molecular weight excluding hydrogens is 352 g/mol. The van der Waals surface area contributed by atoms with Crippen molar-refractivity contribution in [3.05, 3.63) is 64.7 Å². The summed E-state index contributed by atoms with van der Waals surface area (Å²) in [7, 11) is 2.01. The monoisotopic (exact) mass is 376 g/mol. The van der Waals surface area contributed by atoms with Gasteiger partial charge in [-0.25, -0.2) is 4.68 Å². The maximum absolute atomic E-state index is 12.6. The lowest BCUT2D eigenvalue weighted by Crippen LogP contribution is -2.33. The van der Waals surface area contributed by atoms with Crippen LogP contribution in [0.2, 0.25) is 0 Å². The molecule has 0 aliphatic heterocycles. The van der Waals surface area contributed by atoms with Crippen LogP contribution in [0.1, 0.15) is 31.2 Å². The van der Waals surface area contributed by atoms with E-state index in [9.17, 15) is 9.59 Å². The Kier molecular flexibility index (Phi) is 5.19. The van der Waals surface area contributed by atoms with Gasteiger partial charge in [0.1, 0.15) is 12.4 Å². The Morgan fingerprint density at radius 1 is 1.14 bits per heavy atom. The van der Waals surface area contributed by atoms with Crippen molar-refractivity contribution in [1.29, 1.82) is 0 Å². The molecule has 2 heterocycles. The third-order valence-electron chi connectivity index (χ3n) is 5.52. The zero-order valence-corrected chi connectivity index (χ0v) is 16.0. The quantitative estimate of drug-likeness (QED) is 0.662. The van der Waals surface area contributed by atoms with E-state index in [4.69, 9.17) is 0 Å². The fraction of sp³-hybridized carbons (Fsp3) is 0.364. The predicted octanol–water partition coefficient (Wildman–Crippen LogP) is 2.98. The summed E-state index contributed by atoms with van der Waals surface area (Å²) in [5.74, 6) is 0.709. The number of benzene rings is 1. The van der Waals surface area contributed by atoms with E-state index in [2.05, 4.69) is 15.0 Å². The first-order valence-electron chi connectivity index (χ1n) is 9.75. The number of fused-ring (bicyclic) bond motifs is 1. The Bertz CT molecular complexity index is 1050. The molecule has 1 aromatic carbocycles. The minimum absolute atomic E-state index is 0.0143. The van der Waals surface area contributed by atoms with E-state index < -0.39 is 0 Å². The van der Waals surface area contributed by atoms with Crippen molar-refractivity contribution in [2.75, 3.05) is 11.9 Å². The second-order valence-electron chi connectivity index (χ2n) is 7.51. The van der Waals surface area contributed by atoms with Crippen LogP contribution in [0.25, 0.3) is 10.8 Å². The number of anilines is 1. The summed E-state index contributed by atoms with van der Waals surface area (Å²) in [4.78, 5) is 31.0. The molecule has 1 aliphatic carbocycles. The van der Waals surface area contributed by atoms with Gasteiger partial charge in [-0.2, -0.15) is 5.10 Å². The molecule has 3 aromatic rings. The summed E-state index contributed by atoms with van der Waals surface area (Å²) < 4.78 is 1.29. The molecule has 0 atom stereocenters. The largest absolute Gasteiger partial charge is 0.355 e. The molecule has 1 fully saturated rings. The number of nitrogens with zero attached hydrogens (tertiary/aromatic N) is 4. The summed E-state index contributed by atoms with van der Waals surface area (Å²) >= 11 is 0. The smallest absolute Gasteiger partial charge is 0.267 e. The van der Waals surface area contributed by atoms with E-state index in [0.717, 1.165) is 35.0 Å². The molecule has 0 radical (unpaired) electrons. The molecule has 0 saturated heterocycles. The van der Waals surface area contributed by atoms with E-state index in [-0.39, 0.29) is 24.3 Å². The van der Waals surface area contributed by atoms with Gasteiger partial charge in [-0.05, 0) is 35.9 Å². The average molecular weight is 376 g/mol. The van der Waals surface area contributed by atoms with Crippen LogP contribution in [0, 0.1) is 0 Å². The third kappa shape index (κ3) is 3.96. The zero-order chi connectivity index (χ0) is 19.5. The number of ketones is 1. The fourth-order valence-corrected chi connectivity index (χ4v) is 3.91. The molecular formula is C22H24N4O2. The number of rotatable bonds is 6. The highest BCUT2D eigenvalue weighted by molar-refractivity contribution is 5.85. The first kappa shape index (κ1) is 18.3. The lowest BCUT2D eigenvalue weighted by Gasteiger charge is -2.25. The van der Waals surface area contributed by atoms with E-state index in [1.807, 2.05) is 31.3 Å². The summed E-state index contributed by atoms with van der Waals surface area (Å²) in [5.41, 5.74) is 0.678. The lowest BCUT2D eigenvalue weighted by molar-refractivity contribution is -0.119. The Morgan fingerprint density at radius 2 is 1.96 bits per heavy atom. The summed E-state index contributed by atoms with van der Waals surface area (Å²) in [6, 6.07) is 11.5. The number of carbonyl (C=O) groups excluding carboxylic acids is 1. The highest BCUT2D eigenvalue weighted by atomic mass is 16.1. The van der Waals surface area contributed by atoms with Crippen molar-refractivity contribution >= 4 is 22.4 Å². The molecule has 1 aliphatic rings. The lowest BCUT2D eigenvalue weighted by atomic mass is 10.0. The van der Waals surface area contributed by atoms with Gasteiger partial charge in [0.15, 0.2) is 5.78 Å². The molecule has 0 N–H and O–H groups in total. The molecule has 1 saturated carbocycles. The molecule has 0 amide bonds. The molecule has 0 bridgehead atoms. The standard InChI is InChI=1S/C22H24N4O2/c1-25(19-4-2-3-5-19)21-8-9-22(28)26(24-21)15-20(27)13-16-6-7-18-14-23-11-10-17(18)12-16/h6-12,14,19H,2-5,13,15H2,1H3. The second-order valence-corrected chi connectivity index (χ2v) is 7.51. The molecule has 6 heteroatoms. The van der Waals surface area contributed by atoms with Crippen molar-refractivity contribution < 1.29 is 4.79 Å². The summed E-state index contributed by atoms with van der Waals surface area (Å²) in [5, 5.41) is 6.54. The van der Waals surface area contributed by atoms with Gasteiger partial charge in [0, 0.05) is 43.4 Å². The molecule has 28 heavy (non-hydrogen) atoms. The minimum Gasteiger partial charge on any atom is -0.355 e. The number of hydrogen-bond acceptors (Lipinski definition) is 5. The Balaban J connectivity index is 1.48. The summed E-state index contributed by atoms with van der Waals surface area (Å²) in [6.07, 6.45) is 8.57. The van der Waals surface area contributed by atoms with E-state index in [0.29, 0.717) is 6.04 Å². The average Bonchev–Trinajstić information content (AvgIpc) is 3.24. The summed E-state index contributed by atoms with van der Waals surface area (Å²) in [6.45, 7) is -0.0143. The van der Waals surface area contributed by atoms with Crippen LogP contribution in [0.5, 0.6) is 0 Å². The molecule has 0 unspecified atom stereocenters. The van der Waals surface area contributed by atoms with Crippen LogP contribution in [0.15, 0.2) is 53.6 Å². The fourth-order valence-electron chi connectivity index (χ4n) is 3.91. The molecule has 144 valence electrons. The molecule has 2 aromatic heterocycles. The van der Waals surface area contributed by atoms with Crippen molar-refractivity contribution in [3.8, 4) is 0 Å². The van der Waals surface area contributed by atoms with Gasteiger partial charge in [0.25, 0.3) is 5.56 Å². The highest BCUT2D eigenvalue weighted by Gasteiger charge is 2.21. The van der Waals surface area contributed by atoms with E-state index in [1.165, 1.54) is 23.6 Å². The molecule has 6 nitrogen and oxygen atoms in total. The van der Waals surface area contributed by atoms with Crippen LogP contribution in [0.3, 0.4) is 0 Å². The third-order valence-corrected chi connectivity index (χ3v) is 5.52. The molecule has 0 spiro atoms. The number of aromatic nitrogens is 3. The number of pyridine rings is 1. The normalized spacial score (nSPS) is 14.5. The van der Waals surface area contributed by atoms with Gasteiger partial charge in [0.05, 0.1) is 0 Å². The first-order valence-corrected chi connectivity index (χ1v) is 9.75.